The highest BCUT2D eigenvalue weighted by Crippen LogP contribution is 2.36. The van der Waals surface area contributed by atoms with Crippen LogP contribution < -0.4 is 10.1 Å². The van der Waals surface area contributed by atoms with Crippen LogP contribution in [0.15, 0.2) is 36.8 Å². The van der Waals surface area contributed by atoms with Crippen molar-refractivity contribution in [3.8, 4) is 22.8 Å². The summed E-state index contributed by atoms with van der Waals surface area (Å²) >= 11 is 0. The van der Waals surface area contributed by atoms with E-state index in [-0.39, 0.29) is 11.6 Å². The number of nitrogens with zero attached hydrogens (tertiary/aromatic N) is 6. The van der Waals surface area contributed by atoms with Gasteiger partial charge in [-0.1, -0.05) is 5.21 Å². The molecule has 4 heterocycles. The first kappa shape index (κ1) is 23.6. The van der Waals surface area contributed by atoms with Crippen molar-refractivity contribution in [2.24, 2.45) is 0 Å². The molecule has 1 amide bonds. The molecule has 3 aromatic heterocycles. The summed E-state index contributed by atoms with van der Waals surface area (Å²) in [5.74, 6) is 0.306. The molecule has 9 nitrogen and oxygen atoms in total. The number of carbonyl (C=O) groups excluding carboxylic acids is 1. The summed E-state index contributed by atoms with van der Waals surface area (Å²) in [5, 5.41) is 11.6. The Bertz CT molecular complexity index is 1480. The summed E-state index contributed by atoms with van der Waals surface area (Å²) in [6.45, 7) is 3.89. The van der Waals surface area contributed by atoms with Crippen molar-refractivity contribution in [3.63, 3.8) is 0 Å². The smallest absolute Gasteiger partial charge is 0.254 e. The summed E-state index contributed by atoms with van der Waals surface area (Å²) in [7, 11) is 3.85. The first-order valence-electron chi connectivity index (χ1n) is 12.7. The second-order valence-corrected chi connectivity index (χ2v) is 10.2. The van der Waals surface area contributed by atoms with Crippen LogP contribution in [-0.4, -0.2) is 68.5 Å². The Morgan fingerprint density at radius 1 is 1.14 bits per heavy atom. The van der Waals surface area contributed by atoms with Crippen LogP contribution in [-0.2, 0) is 0 Å². The number of fused-ring (bicyclic) bond motifs is 1. The van der Waals surface area contributed by atoms with E-state index in [4.69, 9.17) is 4.74 Å². The number of carbonyl (C=O) groups is 1. The van der Waals surface area contributed by atoms with Gasteiger partial charge in [0.25, 0.3) is 5.91 Å². The fourth-order valence-electron chi connectivity index (χ4n) is 5.09. The molecule has 6 rings (SSSR count). The van der Waals surface area contributed by atoms with E-state index in [9.17, 15) is 9.18 Å². The zero-order chi connectivity index (χ0) is 25.7. The summed E-state index contributed by atoms with van der Waals surface area (Å²) < 4.78 is 24.0. The lowest BCUT2D eigenvalue weighted by molar-refractivity contribution is 0.0947. The Labute approximate surface area is 214 Å². The standard InChI is InChI=1S/C27H30FN7O2/c1-16-10-21(28)19(27(36)30-18-4-5-18)11-23(16)35-15-22(31-32-35)24-13-29-26-12-25(37-3)20(14-34(24)26)17-6-8-33(2)9-7-17/h10-15,17-18H,4-9H2,1-3H3,(H,30,36). The molecule has 2 fully saturated rings. The number of nitrogens with one attached hydrogen (secondary N) is 1. The van der Waals surface area contributed by atoms with Crippen molar-refractivity contribution in [1.82, 2.24) is 34.6 Å². The highest BCUT2D eigenvalue weighted by molar-refractivity contribution is 5.95. The van der Waals surface area contributed by atoms with Gasteiger partial charge in [0.2, 0.25) is 0 Å². The monoisotopic (exact) mass is 503 g/mol. The van der Waals surface area contributed by atoms with Gasteiger partial charge in [-0.05, 0) is 76.4 Å². The summed E-state index contributed by atoms with van der Waals surface area (Å²) in [6, 6.07) is 5.02. The van der Waals surface area contributed by atoms with E-state index in [0.29, 0.717) is 22.9 Å². The molecule has 192 valence electrons. The summed E-state index contributed by atoms with van der Waals surface area (Å²) in [6.07, 6.45) is 9.67. The quantitative estimate of drug-likeness (QED) is 0.431. The minimum atomic E-state index is -0.545. The van der Waals surface area contributed by atoms with Crippen molar-refractivity contribution >= 4 is 11.6 Å². The largest absolute Gasteiger partial charge is 0.496 e. The van der Waals surface area contributed by atoms with E-state index in [1.165, 1.54) is 6.07 Å². The molecule has 37 heavy (non-hydrogen) atoms. The van der Waals surface area contributed by atoms with Gasteiger partial charge in [-0.2, -0.15) is 0 Å². The minimum Gasteiger partial charge on any atom is -0.496 e. The molecule has 0 bridgehead atoms. The van der Waals surface area contributed by atoms with Crippen molar-refractivity contribution < 1.29 is 13.9 Å². The molecule has 1 aliphatic heterocycles. The third-order valence-electron chi connectivity index (χ3n) is 7.46. The number of pyridine rings is 1. The second-order valence-electron chi connectivity index (χ2n) is 10.2. The van der Waals surface area contributed by atoms with Crippen LogP contribution >= 0.6 is 0 Å². The summed E-state index contributed by atoms with van der Waals surface area (Å²) in [4.78, 5) is 19.5. The van der Waals surface area contributed by atoms with E-state index in [1.54, 1.807) is 37.2 Å². The third-order valence-corrected chi connectivity index (χ3v) is 7.46. The fraction of sp³-hybridized carbons (Fsp3) is 0.407. The molecule has 1 aromatic carbocycles. The van der Waals surface area contributed by atoms with E-state index in [1.807, 2.05) is 10.5 Å². The van der Waals surface area contributed by atoms with Crippen molar-refractivity contribution in [1.29, 1.82) is 0 Å². The second kappa shape index (κ2) is 9.26. The lowest BCUT2D eigenvalue weighted by atomic mass is 9.90. The lowest BCUT2D eigenvalue weighted by Gasteiger charge is -2.30. The highest BCUT2D eigenvalue weighted by atomic mass is 19.1. The molecular formula is C27H30FN7O2. The molecule has 1 saturated carbocycles. The van der Waals surface area contributed by atoms with Crippen LogP contribution in [0.3, 0.4) is 0 Å². The van der Waals surface area contributed by atoms with Crippen LogP contribution in [0.25, 0.3) is 22.7 Å². The van der Waals surface area contributed by atoms with Gasteiger partial charge in [-0.15, -0.1) is 5.10 Å². The van der Waals surface area contributed by atoms with Gasteiger partial charge in [0.05, 0.1) is 36.4 Å². The predicted molar refractivity (Wildman–Crippen MR) is 137 cm³/mol. The van der Waals surface area contributed by atoms with Gasteiger partial charge in [0, 0.05) is 23.9 Å². The molecule has 0 atom stereocenters. The number of amides is 1. The number of aryl methyl sites for hydroxylation is 1. The molecule has 10 heteroatoms. The predicted octanol–water partition coefficient (Wildman–Crippen LogP) is 3.74. The van der Waals surface area contributed by atoms with Gasteiger partial charge < -0.3 is 15.0 Å². The zero-order valence-electron chi connectivity index (χ0n) is 21.2. The maximum atomic E-state index is 14.6. The van der Waals surface area contributed by atoms with Crippen molar-refractivity contribution in [3.05, 3.63) is 59.3 Å². The first-order chi connectivity index (χ1) is 17.9. The van der Waals surface area contributed by atoms with Crippen molar-refractivity contribution in [2.45, 2.75) is 44.6 Å². The zero-order valence-corrected chi connectivity index (χ0v) is 21.2. The average molecular weight is 504 g/mol. The normalized spacial score (nSPS) is 16.9. The Morgan fingerprint density at radius 2 is 1.92 bits per heavy atom. The fourth-order valence-corrected chi connectivity index (χ4v) is 5.09. The maximum Gasteiger partial charge on any atom is 0.254 e. The molecule has 0 unspecified atom stereocenters. The molecule has 0 radical (unpaired) electrons. The first-order valence-corrected chi connectivity index (χ1v) is 12.7. The number of likely N-dealkylation sites (tertiary alicyclic amines) is 1. The number of halogens is 1. The SMILES string of the molecule is COc1cc2ncc(-c3cn(-c4cc(C(=O)NC5CC5)c(F)cc4C)nn3)n2cc1C1CCN(C)CC1. The molecule has 1 saturated heterocycles. The number of hydrogen-bond donors (Lipinski definition) is 1. The summed E-state index contributed by atoms with van der Waals surface area (Å²) in [5.41, 5.74) is 4.61. The lowest BCUT2D eigenvalue weighted by Crippen LogP contribution is -2.29. The number of piperidine rings is 1. The van der Waals surface area contributed by atoms with Gasteiger partial charge in [0.1, 0.15) is 22.9 Å². The molecule has 4 aromatic rings. The number of ether oxygens (including phenoxy) is 1. The van der Waals surface area contributed by atoms with Gasteiger partial charge in [-0.3, -0.25) is 9.20 Å². The van der Waals surface area contributed by atoms with Crippen LogP contribution in [0.1, 0.15) is 53.1 Å². The van der Waals surface area contributed by atoms with E-state index < -0.39 is 11.7 Å². The highest BCUT2D eigenvalue weighted by Gasteiger charge is 2.26. The van der Waals surface area contributed by atoms with Gasteiger partial charge >= 0.3 is 0 Å². The number of benzene rings is 1. The van der Waals surface area contributed by atoms with Crippen LogP contribution in [0.5, 0.6) is 5.75 Å². The number of methoxy groups -OCH3 is 1. The number of hydrogen-bond acceptors (Lipinski definition) is 6. The van der Waals surface area contributed by atoms with Gasteiger partial charge in [0.15, 0.2) is 0 Å². The Kier molecular flexibility index (Phi) is 5.91. The molecule has 0 spiro atoms. The third kappa shape index (κ3) is 4.46. The van der Waals surface area contributed by atoms with Crippen LogP contribution in [0, 0.1) is 12.7 Å². The Morgan fingerprint density at radius 3 is 2.65 bits per heavy atom. The van der Waals surface area contributed by atoms with Gasteiger partial charge in [-0.25, -0.2) is 14.1 Å². The Hall–Kier alpha value is -3.79. The molecule has 1 aliphatic carbocycles. The topological polar surface area (TPSA) is 89.6 Å². The minimum absolute atomic E-state index is 0.00853. The number of imidazole rings is 1. The molecule has 2 aliphatic rings. The number of aromatic nitrogens is 5. The average Bonchev–Trinajstić information content (AvgIpc) is 3.40. The Balaban J connectivity index is 1.36. The van der Waals surface area contributed by atoms with Crippen LogP contribution in [0.2, 0.25) is 0 Å². The number of rotatable bonds is 6. The maximum absolute atomic E-state index is 14.6. The van der Waals surface area contributed by atoms with Crippen molar-refractivity contribution in [2.75, 3.05) is 27.2 Å². The van der Waals surface area contributed by atoms with E-state index in [0.717, 1.165) is 61.4 Å². The molecule has 1 N–H and O–H groups in total. The van der Waals surface area contributed by atoms with E-state index >= 15 is 0 Å². The molecular weight excluding hydrogens is 473 g/mol. The van der Waals surface area contributed by atoms with Crippen LogP contribution in [0.4, 0.5) is 4.39 Å². The van der Waals surface area contributed by atoms with E-state index in [2.05, 4.69) is 38.8 Å².